The minimum absolute atomic E-state index is 1.03. The fraction of sp³-hybridized carbons (Fsp3) is 0.217. The van der Waals surface area contributed by atoms with Crippen molar-refractivity contribution in [3.63, 3.8) is 0 Å². The summed E-state index contributed by atoms with van der Waals surface area (Å²) in [6, 6.07) is 49.8. The van der Waals surface area contributed by atoms with E-state index in [0.29, 0.717) is 0 Å². The number of hydrogen-bond donors (Lipinski definition) is 0. The van der Waals surface area contributed by atoms with Crippen LogP contribution in [-0.2, 0) is 25.7 Å². The topological polar surface area (TPSA) is 6.48 Å². The molecular formula is C46H48N2. The maximum absolute atomic E-state index is 2.39. The zero-order valence-electron chi connectivity index (χ0n) is 29.4. The first-order valence-electron chi connectivity index (χ1n) is 17.6. The van der Waals surface area contributed by atoms with Crippen molar-refractivity contribution >= 4 is 34.1 Å². The summed E-state index contributed by atoms with van der Waals surface area (Å²) in [5, 5.41) is 0. The number of rotatable bonds is 11. The summed E-state index contributed by atoms with van der Waals surface area (Å²) in [7, 11) is 0. The van der Waals surface area contributed by atoms with E-state index < -0.39 is 0 Å². The van der Waals surface area contributed by atoms with Crippen molar-refractivity contribution in [1.29, 1.82) is 0 Å². The van der Waals surface area contributed by atoms with Gasteiger partial charge in [-0.05, 0) is 157 Å². The summed E-state index contributed by atoms with van der Waals surface area (Å²) in [6.45, 7) is 13.3. The summed E-state index contributed by atoms with van der Waals surface area (Å²) in [4.78, 5) is 4.77. The lowest BCUT2D eigenvalue weighted by atomic mass is 9.98. The quantitative estimate of drug-likeness (QED) is 0.141. The van der Waals surface area contributed by atoms with E-state index in [4.69, 9.17) is 0 Å². The predicted octanol–water partition coefficient (Wildman–Crippen LogP) is 13.2. The minimum Gasteiger partial charge on any atom is -0.310 e. The molecule has 0 atom stereocenters. The Labute approximate surface area is 288 Å². The zero-order chi connectivity index (χ0) is 33.6. The smallest absolute Gasteiger partial charge is 0.0491 e. The van der Waals surface area contributed by atoms with Crippen LogP contribution in [0.3, 0.4) is 0 Å². The van der Waals surface area contributed by atoms with Gasteiger partial charge in [-0.3, -0.25) is 0 Å². The van der Waals surface area contributed by atoms with Crippen LogP contribution in [0.25, 0.3) is 11.1 Å². The molecule has 6 aromatic carbocycles. The molecular weight excluding hydrogens is 581 g/mol. The zero-order valence-corrected chi connectivity index (χ0v) is 29.4. The van der Waals surface area contributed by atoms with Crippen LogP contribution in [-0.4, -0.2) is 0 Å². The second-order valence-corrected chi connectivity index (χ2v) is 12.8. The molecule has 0 bridgehead atoms. The number of benzene rings is 6. The van der Waals surface area contributed by atoms with Crippen molar-refractivity contribution in [3.8, 4) is 11.1 Å². The lowest BCUT2D eigenvalue weighted by Gasteiger charge is -2.28. The molecule has 0 spiro atoms. The molecule has 0 N–H and O–H groups in total. The molecule has 242 valence electrons. The molecule has 6 aromatic rings. The first-order chi connectivity index (χ1) is 23.4. The van der Waals surface area contributed by atoms with Crippen molar-refractivity contribution < 1.29 is 0 Å². The van der Waals surface area contributed by atoms with E-state index in [-0.39, 0.29) is 0 Å². The second-order valence-electron chi connectivity index (χ2n) is 12.8. The molecule has 2 heteroatoms. The van der Waals surface area contributed by atoms with E-state index in [1.54, 1.807) is 0 Å². The number of aryl methyl sites for hydroxylation is 6. The van der Waals surface area contributed by atoms with Crippen LogP contribution in [0.5, 0.6) is 0 Å². The van der Waals surface area contributed by atoms with E-state index in [1.807, 2.05) is 0 Å². The summed E-state index contributed by atoms with van der Waals surface area (Å²) < 4.78 is 0. The first kappa shape index (κ1) is 32.8. The molecule has 0 saturated carbocycles. The Kier molecular flexibility index (Phi) is 10.1. The summed E-state index contributed by atoms with van der Waals surface area (Å²) in [5.74, 6) is 0. The van der Waals surface area contributed by atoms with E-state index in [0.717, 1.165) is 25.7 Å². The fourth-order valence-electron chi connectivity index (χ4n) is 6.55. The van der Waals surface area contributed by atoms with E-state index in [1.165, 1.54) is 78.6 Å². The van der Waals surface area contributed by atoms with Gasteiger partial charge in [-0.25, -0.2) is 0 Å². The minimum atomic E-state index is 1.03. The highest BCUT2D eigenvalue weighted by Gasteiger charge is 2.18. The Morgan fingerprint density at radius 2 is 0.583 bits per heavy atom. The van der Waals surface area contributed by atoms with Crippen LogP contribution in [0.15, 0.2) is 133 Å². The molecule has 0 heterocycles. The maximum Gasteiger partial charge on any atom is 0.0491 e. The Balaban J connectivity index is 1.37. The monoisotopic (exact) mass is 628 g/mol. The molecule has 0 unspecified atom stereocenters. The van der Waals surface area contributed by atoms with Gasteiger partial charge in [0.25, 0.3) is 0 Å². The van der Waals surface area contributed by atoms with Crippen molar-refractivity contribution in [2.45, 2.75) is 67.2 Å². The van der Waals surface area contributed by atoms with Crippen molar-refractivity contribution in [2.75, 3.05) is 9.80 Å². The standard InChI is InChI=1S/C46H48N2/c1-7-35-11-21-41(22-12-35)47(42-23-13-36(8-2)14-24-42)45-29-19-39(31-33(45)5)40-20-30-46(34(6)32-40)48(43-25-15-37(9-3)16-26-43)44-27-17-38(10-4)18-28-44/h11-32H,7-10H2,1-6H3. The summed E-state index contributed by atoms with van der Waals surface area (Å²) in [5.41, 5.74) is 17.4. The van der Waals surface area contributed by atoms with Gasteiger partial charge in [-0.15, -0.1) is 0 Å². The predicted molar refractivity (Wildman–Crippen MR) is 208 cm³/mol. The molecule has 0 radical (unpaired) electrons. The molecule has 6 rings (SSSR count). The van der Waals surface area contributed by atoms with Crippen molar-refractivity contribution in [1.82, 2.24) is 0 Å². The van der Waals surface area contributed by atoms with Crippen molar-refractivity contribution in [2.24, 2.45) is 0 Å². The molecule has 0 aliphatic heterocycles. The Hall–Kier alpha value is -5.08. The van der Waals surface area contributed by atoms with Gasteiger partial charge in [0.1, 0.15) is 0 Å². The Morgan fingerprint density at radius 3 is 0.792 bits per heavy atom. The molecule has 0 aliphatic carbocycles. The first-order valence-corrected chi connectivity index (χ1v) is 17.6. The van der Waals surface area contributed by atoms with Crippen LogP contribution in [0.1, 0.15) is 61.1 Å². The molecule has 0 fully saturated rings. The van der Waals surface area contributed by atoms with Crippen LogP contribution >= 0.6 is 0 Å². The highest BCUT2D eigenvalue weighted by atomic mass is 15.1. The lowest BCUT2D eigenvalue weighted by molar-refractivity contribution is 1.13. The SMILES string of the molecule is CCc1ccc(N(c2ccc(CC)cc2)c2ccc(-c3ccc(N(c4ccc(CC)cc4)c4ccc(CC)cc4)c(C)c3)cc2C)cc1. The lowest BCUT2D eigenvalue weighted by Crippen LogP contribution is -2.12. The molecule has 0 aliphatic rings. The highest BCUT2D eigenvalue weighted by molar-refractivity contribution is 5.83. The molecule has 48 heavy (non-hydrogen) atoms. The summed E-state index contributed by atoms with van der Waals surface area (Å²) in [6.07, 6.45) is 4.13. The van der Waals surface area contributed by atoms with Crippen LogP contribution in [0, 0.1) is 13.8 Å². The number of nitrogens with zero attached hydrogens (tertiary/aromatic N) is 2. The van der Waals surface area contributed by atoms with Crippen LogP contribution < -0.4 is 9.80 Å². The van der Waals surface area contributed by atoms with E-state index in [9.17, 15) is 0 Å². The third-order valence-corrected chi connectivity index (χ3v) is 9.62. The van der Waals surface area contributed by atoms with Crippen molar-refractivity contribution in [3.05, 3.63) is 167 Å². The van der Waals surface area contributed by atoms with E-state index >= 15 is 0 Å². The largest absolute Gasteiger partial charge is 0.310 e. The average molecular weight is 629 g/mol. The average Bonchev–Trinajstić information content (AvgIpc) is 3.14. The third-order valence-electron chi connectivity index (χ3n) is 9.62. The molecule has 0 saturated heterocycles. The van der Waals surface area contributed by atoms with Gasteiger partial charge in [-0.2, -0.15) is 0 Å². The van der Waals surface area contributed by atoms with Gasteiger partial charge >= 0.3 is 0 Å². The van der Waals surface area contributed by atoms with Gasteiger partial charge < -0.3 is 9.80 Å². The molecule has 0 aromatic heterocycles. The second kappa shape index (κ2) is 14.8. The molecule has 2 nitrogen and oxygen atoms in total. The van der Waals surface area contributed by atoms with Gasteiger partial charge in [0.05, 0.1) is 0 Å². The normalized spacial score (nSPS) is 11.0. The summed E-state index contributed by atoms with van der Waals surface area (Å²) >= 11 is 0. The molecule has 0 amide bonds. The van der Waals surface area contributed by atoms with Gasteiger partial charge in [0.15, 0.2) is 0 Å². The van der Waals surface area contributed by atoms with Crippen LogP contribution in [0.2, 0.25) is 0 Å². The number of hydrogen-bond acceptors (Lipinski definition) is 2. The van der Waals surface area contributed by atoms with E-state index in [2.05, 4.69) is 185 Å². The fourth-order valence-corrected chi connectivity index (χ4v) is 6.55. The Bertz CT molecular complexity index is 1710. The Morgan fingerprint density at radius 1 is 0.333 bits per heavy atom. The third kappa shape index (κ3) is 6.94. The van der Waals surface area contributed by atoms with Gasteiger partial charge in [0, 0.05) is 34.1 Å². The van der Waals surface area contributed by atoms with Gasteiger partial charge in [-0.1, -0.05) is 88.4 Å². The van der Waals surface area contributed by atoms with Gasteiger partial charge in [0.2, 0.25) is 0 Å². The highest BCUT2D eigenvalue weighted by Crippen LogP contribution is 2.41. The number of anilines is 6. The van der Waals surface area contributed by atoms with Crippen LogP contribution in [0.4, 0.5) is 34.1 Å². The maximum atomic E-state index is 2.39.